The third-order valence-electron chi connectivity index (χ3n) is 3.68. The molecule has 1 aromatic rings. The van der Waals surface area contributed by atoms with Gasteiger partial charge in [-0.2, -0.15) is 0 Å². The third-order valence-corrected chi connectivity index (χ3v) is 3.68. The molecule has 0 amide bonds. The van der Waals surface area contributed by atoms with E-state index in [0.29, 0.717) is 6.42 Å². The summed E-state index contributed by atoms with van der Waals surface area (Å²) in [4.78, 5) is 16.5. The fraction of sp³-hybridized carbons (Fsp3) is 0.562. The summed E-state index contributed by atoms with van der Waals surface area (Å²) in [5.41, 5.74) is 2.05. The lowest BCUT2D eigenvalue weighted by Gasteiger charge is -2.29. The summed E-state index contributed by atoms with van der Waals surface area (Å²) >= 11 is 0. The van der Waals surface area contributed by atoms with Gasteiger partial charge in [0, 0.05) is 43.9 Å². The van der Waals surface area contributed by atoms with E-state index in [1.165, 1.54) is 5.69 Å². The second-order valence-electron chi connectivity index (χ2n) is 5.61. The maximum atomic E-state index is 12.1. The van der Waals surface area contributed by atoms with Gasteiger partial charge in [-0.1, -0.05) is 0 Å². The van der Waals surface area contributed by atoms with Crippen LogP contribution in [0.1, 0.15) is 23.2 Å². The van der Waals surface area contributed by atoms with E-state index >= 15 is 0 Å². The number of hydrogen-bond donors (Lipinski definition) is 1. The highest BCUT2D eigenvalue weighted by Crippen LogP contribution is 2.17. The van der Waals surface area contributed by atoms with Crippen molar-refractivity contribution in [2.45, 2.75) is 12.8 Å². The van der Waals surface area contributed by atoms with E-state index in [1.807, 2.05) is 26.2 Å². The molecule has 4 nitrogen and oxygen atoms in total. The van der Waals surface area contributed by atoms with Crippen LogP contribution in [0.2, 0.25) is 0 Å². The van der Waals surface area contributed by atoms with Crippen LogP contribution < -0.4 is 10.2 Å². The Hall–Kier alpha value is -1.39. The lowest BCUT2D eigenvalue weighted by molar-refractivity contribution is 0.0977. The first-order chi connectivity index (χ1) is 9.66. The Morgan fingerprint density at radius 1 is 1.20 bits per heavy atom. The van der Waals surface area contributed by atoms with Crippen LogP contribution in [0.4, 0.5) is 5.69 Å². The lowest BCUT2D eigenvalue weighted by Crippen LogP contribution is -2.43. The van der Waals surface area contributed by atoms with Gasteiger partial charge < -0.3 is 15.1 Å². The fourth-order valence-electron chi connectivity index (χ4n) is 2.48. The van der Waals surface area contributed by atoms with Crippen molar-refractivity contribution in [1.29, 1.82) is 0 Å². The molecule has 20 heavy (non-hydrogen) atoms. The molecule has 0 spiro atoms. The number of ketones is 1. The first kappa shape index (κ1) is 15.0. The molecule has 1 aliphatic rings. The predicted molar refractivity (Wildman–Crippen MR) is 83.6 cm³/mol. The molecule has 110 valence electrons. The lowest BCUT2D eigenvalue weighted by atomic mass is 10.1. The van der Waals surface area contributed by atoms with Crippen LogP contribution in [0.3, 0.4) is 0 Å². The van der Waals surface area contributed by atoms with Crippen LogP contribution >= 0.6 is 0 Å². The Bertz CT molecular complexity index is 422. The normalized spacial score (nSPS) is 15.7. The molecule has 0 atom stereocenters. The average molecular weight is 275 g/mol. The van der Waals surface area contributed by atoms with Gasteiger partial charge in [-0.25, -0.2) is 0 Å². The number of piperazine rings is 1. The first-order valence-corrected chi connectivity index (χ1v) is 7.40. The van der Waals surface area contributed by atoms with Gasteiger partial charge in [0.15, 0.2) is 5.78 Å². The van der Waals surface area contributed by atoms with Gasteiger partial charge in [0.25, 0.3) is 0 Å². The van der Waals surface area contributed by atoms with Crippen LogP contribution in [0.5, 0.6) is 0 Å². The van der Waals surface area contributed by atoms with Crippen molar-refractivity contribution < 1.29 is 4.79 Å². The highest BCUT2D eigenvalue weighted by molar-refractivity contribution is 5.96. The summed E-state index contributed by atoms with van der Waals surface area (Å²) in [6.07, 6.45) is 1.55. The molecular formula is C16H25N3O. The monoisotopic (exact) mass is 275 g/mol. The Morgan fingerprint density at radius 2 is 1.85 bits per heavy atom. The predicted octanol–water partition coefficient (Wildman–Crippen LogP) is 1.62. The van der Waals surface area contributed by atoms with E-state index in [9.17, 15) is 4.79 Å². The smallest absolute Gasteiger partial charge is 0.162 e. The van der Waals surface area contributed by atoms with Crippen LogP contribution in [-0.4, -0.2) is 57.5 Å². The number of anilines is 1. The quantitative estimate of drug-likeness (QED) is 0.800. The number of nitrogens with zero attached hydrogens (tertiary/aromatic N) is 2. The average Bonchev–Trinajstić information content (AvgIpc) is 2.48. The zero-order chi connectivity index (χ0) is 14.4. The number of hydrogen-bond acceptors (Lipinski definition) is 4. The van der Waals surface area contributed by atoms with Gasteiger partial charge in [-0.15, -0.1) is 0 Å². The summed E-state index contributed by atoms with van der Waals surface area (Å²) in [6, 6.07) is 8.08. The Labute approximate surface area is 121 Å². The van der Waals surface area contributed by atoms with Gasteiger partial charge in [0.2, 0.25) is 0 Å². The summed E-state index contributed by atoms with van der Waals surface area (Å²) in [5.74, 6) is 0.249. The van der Waals surface area contributed by atoms with E-state index in [2.05, 4.69) is 27.2 Å². The molecule has 1 saturated heterocycles. The highest BCUT2D eigenvalue weighted by Gasteiger charge is 2.11. The summed E-state index contributed by atoms with van der Waals surface area (Å²) in [6.45, 7) is 5.10. The van der Waals surface area contributed by atoms with Crippen molar-refractivity contribution >= 4 is 11.5 Å². The molecular weight excluding hydrogens is 250 g/mol. The van der Waals surface area contributed by atoms with Crippen LogP contribution in [0.25, 0.3) is 0 Å². The standard InChI is InChI=1S/C16H25N3O/c1-18(2)11-3-4-16(20)14-5-7-15(8-6-14)19-12-9-17-10-13-19/h5-8,17H,3-4,9-13H2,1-2H3. The molecule has 0 bridgehead atoms. The van der Waals surface area contributed by atoms with Gasteiger partial charge >= 0.3 is 0 Å². The first-order valence-electron chi connectivity index (χ1n) is 7.40. The molecule has 1 N–H and O–H groups in total. The molecule has 0 saturated carbocycles. The topological polar surface area (TPSA) is 35.6 Å². The van der Waals surface area contributed by atoms with Gasteiger partial charge in [-0.3, -0.25) is 4.79 Å². The number of carbonyl (C=O) groups excluding carboxylic acids is 1. The minimum atomic E-state index is 0.249. The van der Waals surface area contributed by atoms with Crippen LogP contribution in [0.15, 0.2) is 24.3 Å². The van der Waals surface area contributed by atoms with Crippen molar-refractivity contribution in [3.63, 3.8) is 0 Å². The van der Waals surface area contributed by atoms with Crippen molar-refractivity contribution in [2.75, 3.05) is 51.7 Å². The molecule has 1 aromatic carbocycles. The van der Waals surface area contributed by atoms with E-state index in [4.69, 9.17) is 0 Å². The van der Waals surface area contributed by atoms with E-state index in [-0.39, 0.29) is 5.78 Å². The van der Waals surface area contributed by atoms with Crippen molar-refractivity contribution in [3.05, 3.63) is 29.8 Å². The second-order valence-corrected chi connectivity index (χ2v) is 5.61. The zero-order valence-corrected chi connectivity index (χ0v) is 12.6. The number of Topliss-reactive ketones (excluding diaryl/α,β-unsaturated/α-hetero) is 1. The number of carbonyl (C=O) groups is 1. The van der Waals surface area contributed by atoms with E-state index in [1.54, 1.807) is 0 Å². The third kappa shape index (κ3) is 4.32. The van der Waals surface area contributed by atoms with Crippen LogP contribution in [-0.2, 0) is 0 Å². The maximum Gasteiger partial charge on any atom is 0.162 e. The SMILES string of the molecule is CN(C)CCCC(=O)c1ccc(N2CCNCC2)cc1. The molecule has 1 fully saturated rings. The van der Waals surface area contributed by atoms with Crippen molar-refractivity contribution in [3.8, 4) is 0 Å². The molecule has 1 heterocycles. The molecule has 0 radical (unpaired) electrons. The fourth-order valence-corrected chi connectivity index (χ4v) is 2.48. The summed E-state index contributed by atoms with van der Waals surface area (Å²) in [5, 5.41) is 3.35. The molecule has 1 aliphatic heterocycles. The highest BCUT2D eigenvalue weighted by atomic mass is 16.1. The van der Waals surface area contributed by atoms with E-state index in [0.717, 1.165) is 44.7 Å². The minimum absolute atomic E-state index is 0.249. The molecule has 2 rings (SSSR count). The van der Waals surface area contributed by atoms with Gasteiger partial charge in [0.05, 0.1) is 0 Å². The van der Waals surface area contributed by atoms with Crippen molar-refractivity contribution in [1.82, 2.24) is 10.2 Å². The van der Waals surface area contributed by atoms with Crippen LogP contribution in [0, 0.1) is 0 Å². The summed E-state index contributed by atoms with van der Waals surface area (Å²) in [7, 11) is 4.07. The largest absolute Gasteiger partial charge is 0.369 e. The molecule has 0 aromatic heterocycles. The van der Waals surface area contributed by atoms with Crippen molar-refractivity contribution in [2.24, 2.45) is 0 Å². The Kier molecular flexibility index (Phi) is 5.56. The maximum absolute atomic E-state index is 12.1. The number of nitrogens with one attached hydrogen (secondary N) is 1. The number of benzene rings is 1. The molecule has 4 heteroatoms. The summed E-state index contributed by atoms with van der Waals surface area (Å²) < 4.78 is 0. The Morgan fingerprint density at radius 3 is 2.45 bits per heavy atom. The second kappa shape index (κ2) is 7.41. The van der Waals surface area contributed by atoms with Gasteiger partial charge in [-0.05, 0) is 51.3 Å². The number of rotatable bonds is 6. The zero-order valence-electron chi connectivity index (χ0n) is 12.6. The Balaban J connectivity index is 1.88. The van der Waals surface area contributed by atoms with E-state index < -0.39 is 0 Å². The van der Waals surface area contributed by atoms with Gasteiger partial charge in [0.1, 0.15) is 0 Å². The molecule has 0 unspecified atom stereocenters. The minimum Gasteiger partial charge on any atom is -0.369 e. The molecule has 0 aliphatic carbocycles.